The Morgan fingerprint density at radius 1 is 1.33 bits per heavy atom. The fourth-order valence-electron chi connectivity index (χ4n) is 4.21. The lowest BCUT2D eigenvalue weighted by Crippen LogP contribution is -2.51. The lowest BCUT2D eigenvalue weighted by Gasteiger charge is -2.47. The van der Waals surface area contributed by atoms with Gasteiger partial charge in [0.05, 0.1) is 18.3 Å². The summed E-state index contributed by atoms with van der Waals surface area (Å²) in [6.45, 7) is -2.90. The maximum atomic E-state index is 13.4. The Labute approximate surface area is 195 Å². The SMILES string of the molecule is [2H]C1(OC(=O)[C@@]([2H])(N)C([2H])(C([2H])([2H])[2H])C([2H])([2H])[2H])CC2([2H])c3cc(OC)c(OC)cc3CCN2CC1CC(C)C. The van der Waals surface area contributed by atoms with Crippen molar-refractivity contribution < 1.29 is 32.7 Å². The number of esters is 1. The van der Waals surface area contributed by atoms with Crippen molar-refractivity contribution in [3.63, 3.8) is 0 Å². The van der Waals surface area contributed by atoms with E-state index in [4.69, 9.17) is 30.9 Å². The number of benzene rings is 1. The van der Waals surface area contributed by atoms with Gasteiger partial charge in [-0.1, -0.05) is 27.6 Å². The summed E-state index contributed by atoms with van der Waals surface area (Å²) in [4.78, 5) is 15.3. The van der Waals surface area contributed by atoms with Gasteiger partial charge >= 0.3 is 5.97 Å². The number of carbonyl (C=O) groups excluding carboxylic acids is 1. The predicted molar refractivity (Wildman–Crippen MR) is 118 cm³/mol. The second kappa shape index (κ2) is 9.56. The van der Waals surface area contributed by atoms with E-state index in [1.54, 1.807) is 12.1 Å². The molecule has 0 spiro atoms. The minimum Gasteiger partial charge on any atom is -0.493 e. The first-order valence-electron chi connectivity index (χ1n) is 15.1. The number of fused-ring (bicyclic) bond motifs is 3. The maximum Gasteiger partial charge on any atom is 0.323 e. The molecule has 0 aromatic heterocycles. The molecule has 168 valence electrons. The van der Waals surface area contributed by atoms with Crippen molar-refractivity contribution in [2.75, 3.05) is 27.3 Å². The minimum atomic E-state index is -3.76. The van der Waals surface area contributed by atoms with Crippen LogP contribution in [0.2, 0.25) is 0 Å². The number of rotatable bonds is 7. The molecule has 1 aromatic carbocycles. The molecular formula is C24H38N2O4. The van der Waals surface area contributed by atoms with Gasteiger partial charge in [0.25, 0.3) is 0 Å². The summed E-state index contributed by atoms with van der Waals surface area (Å²) in [7, 11) is 2.95. The van der Waals surface area contributed by atoms with E-state index in [0.717, 1.165) is 5.56 Å². The molecular weight excluding hydrogens is 380 g/mol. The normalized spacial score (nSPS) is 36.9. The Morgan fingerprint density at radius 2 is 2.03 bits per heavy atom. The van der Waals surface area contributed by atoms with E-state index in [1.165, 1.54) is 14.2 Å². The Hall–Kier alpha value is -1.79. The zero-order valence-corrected chi connectivity index (χ0v) is 18.0. The number of hydrogen-bond acceptors (Lipinski definition) is 6. The summed E-state index contributed by atoms with van der Waals surface area (Å²) in [5.41, 5.74) is 7.05. The number of hydrogen-bond donors (Lipinski definition) is 1. The highest BCUT2D eigenvalue weighted by atomic mass is 16.5. The Balaban J connectivity index is 2.11. The van der Waals surface area contributed by atoms with Crippen LogP contribution in [0.1, 0.15) is 71.2 Å². The third kappa shape index (κ3) is 4.75. The molecule has 1 fully saturated rings. The number of ether oxygens (including phenoxy) is 3. The summed E-state index contributed by atoms with van der Waals surface area (Å²) in [5, 5.41) is 0. The van der Waals surface area contributed by atoms with Gasteiger partial charge in [-0.05, 0) is 47.9 Å². The molecule has 2 heterocycles. The quantitative estimate of drug-likeness (QED) is 0.670. The van der Waals surface area contributed by atoms with Crippen LogP contribution in [0.15, 0.2) is 12.1 Å². The van der Waals surface area contributed by atoms with Gasteiger partial charge < -0.3 is 19.9 Å². The van der Waals surface area contributed by atoms with Gasteiger partial charge in [0.2, 0.25) is 0 Å². The molecule has 1 saturated heterocycles. The van der Waals surface area contributed by atoms with E-state index in [-0.39, 0.29) is 12.5 Å². The van der Waals surface area contributed by atoms with Gasteiger partial charge in [0, 0.05) is 41.0 Å². The van der Waals surface area contributed by atoms with Crippen LogP contribution in [0.5, 0.6) is 11.5 Å². The zero-order chi connectivity index (χ0) is 30.7. The maximum absolute atomic E-state index is 13.4. The highest BCUT2D eigenvalue weighted by molar-refractivity contribution is 5.76. The molecule has 0 saturated carbocycles. The highest BCUT2D eigenvalue weighted by Gasteiger charge is 2.41. The first-order valence-corrected chi connectivity index (χ1v) is 10.1. The van der Waals surface area contributed by atoms with Crippen molar-refractivity contribution in [2.24, 2.45) is 23.5 Å². The second-order valence-corrected chi connectivity index (χ2v) is 8.15. The lowest BCUT2D eigenvalue weighted by atomic mass is 9.79. The van der Waals surface area contributed by atoms with Crippen LogP contribution < -0.4 is 15.2 Å². The van der Waals surface area contributed by atoms with E-state index in [2.05, 4.69) is 0 Å². The van der Waals surface area contributed by atoms with Crippen molar-refractivity contribution >= 4 is 5.97 Å². The first-order chi connectivity index (χ1) is 18.1. The smallest absolute Gasteiger partial charge is 0.323 e. The molecule has 0 radical (unpaired) electrons. The van der Waals surface area contributed by atoms with E-state index >= 15 is 0 Å². The van der Waals surface area contributed by atoms with Gasteiger partial charge in [-0.25, -0.2) is 0 Å². The Bertz CT molecular complexity index is 1110. The van der Waals surface area contributed by atoms with E-state index in [1.807, 2.05) is 18.7 Å². The van der Waals surface area contributed by atoms with Crippen molar-refractivity contribution in [2.45, 2.75) is 64.9 Å². The zero-order valence-electron chi connectivity index (χ0n) is 28.0. The number of nitrogens with two attached hydrogens (primary N) is 1. The van der Waals surface area contributed by atoms with Crippen molar-refractivity contribution in [1.82, 2.24) is 4.90 Å². The number of carbonyl (C=O) groups is 1. The Kier molecular flexibility index (Phi) is 4.12. The predicted octanol–water partition coefficient (Wildman–Crippen LogP) is 3.56. The fraction of sp³-hybridized carbons (Fsp3) is 0.708. The number of piperidine rings is 1. The first kappa shape index (κ1) is 12.9. The van der Waals surface area contributed by atoms with E-state index in [9.17, 15) is 7.54 Å². The van der Waals surface area contributed by atoms with Gasteiger partial charge in [0.1, 0.15) is 12.1 Å². The lowest BCUT2D eigenvalue weighted by molar-refractivity contribution is -0.160. The second-order valence-electron chi connectivity index (χ2n) is 8.15. The van der Waals surface area contributed by atoms with Crippen molar-refractivity contribution in [3.8, 4) is 11.5 Å². The summed E-state index contributed by atoms with van der Waals surface area (Å²) in [6.07, 6.45) is -1.64. The molecule has 0 aliphatic carbocycles. The molecule has 3 rings (SSSR count). The molecule has 2 aliphatic rings. The third-order valence-corrected chi connectivity index (χ3v) is 5.66. The fourth-order valence-corrected chi connectivity index (χ4v) is 4.21. The average molecular weight is 429 g/mol. The van der Waals surface area contributed by atoms with Gasteiger partial charge in [-0.15, -0.1) is 0 Å². The molecule has 2 aliphatic heterocycles. The molecule has 6 heteroatoms. The monoisotopic (exact) mass is 428 g/mol. The summed E-state index contributed by atoms with van der Waals surface area (Å²) < 4.78 is 97.9. The number of nitrogens with zero attached hydrogens (tertiary/aromatic N) is 1. The molecule has 6 nitrogen and oxygen atoms in total. The molecule has 30 heavy (non-hydrogen) atoms. The van der Waals surface area contributed by atoms with Gasteiger partial charge in [-0.3, -0.25) is 9.69 Å². The molecule has 1 aromatic rings. The molecule has 3 unspecified atom stereocenters. The van der Waals surface area contributed by atoms with Crippen LogP contribution in [0, 0.1) is 17.7 Å². The van der Waals surface area contributed by atoms with Crippen molar-refractivity contribution in [3.05, 3.63) is 23.3 Å². The topological polar surface area (TPSA) is 74.0 Å². The minimum absolute atomic E-state index is 0.0340. The van der Waals surface area contributed by atoms with Crippen LogP contribution in [0.3, 0.4) is 0 Å². The average Bonchev–Trinajstić information content (AvgIpc) is 2.81. The molecule has 0 bridgehead atoms. The third-order valence-electron chi connectivity index (χ3n) is 5.66. The van der Waals surface area contributed by atoms with Crippen LogP contribution in [0.4, 0.5) is 0 Å². The van der Waals surface area contributed by atoms with Gasteiger partial charge in [-0.2, -0.15) is 0 Å². The van der Waals surface area contributed by atoms with Crippen molar-refractivity contribution in [1.29, 1.82) is 0 Å². The van der Waals surface area contributed by atoms with E-state index in [0.29, 0.717) is 36.4 Å². The summed E-state index contributed by atoms with van der Waals surface area (Å²) >= 11 is 0. The molecule has 2 N–H and O–H groups in total. The largest absolute Gasteiger partial charge is 0.493 e. The number of methoxy groups -OCH3 is 2. The molecule has 0 amide bonds. The van der Waals surface area contributed by atoms with Crippen LogP contribution in [0.25, 0.3) is 0 Å². The summed E-state index contributed by atoms with van der Waals surface area (Å²) in [6, 6.07) is -1.77. The molecule has 4 atom stereocenters. The van der Waals surface area contributed by atoms with Crippen LogP contribution >= 0.6 is 0 Å². The highest BCUT2D eigenvalue weighted by Crippen LogP contribution is 2.44. The summed E-state index contributed by atoms with van der Waals surface area (Å²) in [5.74, 6) is -5.39. The van der Waals surface area contributed by atoms with E-state index < -0.39 is 56.0 Å². The standard InChI is InChI=1S/C24H38N2O4/c1-14(2)9-17-13-26-8-7-16-10-21(28-5)22(29-6)11-18(16)19(26)12-20(17)30-24(27)23(25)15(3)4/h10-11,14-15,17,19-20,23H,7-9,12-13,25H2,1-6H3/t17?,19?,20?,23-/m0/s1/i3D3,4D3,15D,19D,20D,23D. The van der Waals surface area contributed by atoms with Crippen LogP contribution in [-0.2, 0) is 16.0 Å². The van der Waals surface area contributed by atoms with Gasteiger partial charge in [0.15, 0.2) is 11.5 Å². The van der Waals surface area contributed by atoms with Crippen LogP contribution in [-0.4, -0.2) is 50.3 Å². The Morgan fingerprint density at radius 3 is 2.67 bits per heavy atom.